The van der Waals surface area contributed by atoms with Crippen LogP contribution in [0.3, 0.4) is 0 Å². The molecule has 4 heteroatoms. The average Bonchev–Trinajstić information content (AvgIpc) is 2.17. The molecule has 0 aromatic carbocycles. The fourth-order valence-corrected chi connectivity index (χ4v) is 2.06. The lowest BCUT2D eigenvalue weighted by Crippen LogP contribution is -2.49. The third kappa shape index (κ3) is 2.21. The molecule has 0 saturated carbocycles. The Morgan fingerprint density at radius 3 is 2.93 bits per heavy atom. The number of piperazine rings is 1. The molecule has 2 rings (SSSR count). The van der Waals surface area contributed by atoms with E-state index in [4.69, 9.17) is 0 Å². The van der Waals surface area contributed by atoms with E-state index >= 15 is 0 Å². The topological polar surface area (TPSA) is 48.1 Å². The van der Waals surface area contributed by atoms with Gasteiger partial charge in [-0.25, -0.2) is 0 Å². The van der Waals surface area contributed by atoms with Crippen LogP contribution in [-0.2, 0) is 0 Å². The van der Waals surface area contributed by atoms with Crippen LogP contribution in [0.15, 0.2) is 16.9 Å². The van der Waals surface area contributed by atoms with E-state index in [-0.39, 0.29) is 5.56 Å². The van der Waals surface area contributed by atoms with Gasteiger partial charge in [-0.3, -0.25) is 4.79 Å². The van der Waals surface area contributed by atoms with Crippen molar-refractivity contribution < 1.29 is 0 Å². The van der Waals surface area contributed by atoms with Gasteiger partial charge in [-0.1, -0.05) is 0 Å². The molecule has 1 aromatic rings. The SMILES string of the molecule is Cc1[nH]c(=O)ccc1N1CCNC(C)C1. The molecule has 1 fully saturated rings. The molecule has 1 aliphatic rings. The Bertz CT molecular complexity index is 399. The van der Waals surface area contributed by atoms with Crippen molar-refractivity contribution in [1.29, 1.82) is 0 Å². The van der Waals surface area contributed by atoms with Crippen LogP contribution >= 0.6 is 0 Å². The van der Waals surface area contributed by atoms with Crippen molar-refractivity contribution in [2.75, 3.05) is 24.5 Å². The second-order valence-corrected chi connectivity index (χ2v) is 4.13. The van der Waals surface area contributed by atoms with Gasteiger partial charge in [0.1, 0.15) is 0 Å². The first-order chi connectivity index (χ1) is 7.16. The first-order valence-electron chi connectivity index (χ1n) is 5.35. The molecule has 0 amide bonds. The molecule has 1 aliphatic heterocycles. The Hall–Kier alpha value is -1.29. The van der Waals surface area contributed by atoms with Crippen molar-refractivity contribution in [3.8, 4) is 0 Å². The Kier molecular flexibility index (Phi) is 2.77. The number of pyridine rings is 1. The Labute approximate surface area is 89.3 Å². The van der Waals surface area contributed by atoms with Gasteiger partial charge < -0.3 is 15.2 Å². The molecule has 4 nitrogen and oxygen atoms in total. The maximum atomic E-state index is 11.1. The van der Waals surface area contributed by atoms with Gasteiger partial charge in [0.15, 0.2) is 0 Å². The molecule has 0 spiro atoms. The molecular formula is C11H17N3O. The molecule has 2 heterocycles. The zero-order valence-corrected chi connectivity index (χ0v) is 9.21. The molecule has 15 heavy (non-hydrogen) atoms. The van der Waals surface area contributed by atoms with Crippen LogP contribution in [0.1, 0.15) is 12.6 Å². The van der Waals surface area contributed by atoms with E-state index in [1.807, 2.05) is 13.0 Å². The van der Waals surface area contributed by atoms with Gasteiger partial charge in [0.2, 0.25) is 5.56 Å². The molecule has 2 N–H and O–H groups in total. The smallest absolute Gasteiger partial charge is 0.248 e. The van der Waals surface area contributed by atoms with E-state index in [1.165, 1.54) is 0 Å². The molecule has 1 aromatic heterocycles. The molecule has 82 valence electrons. The molecule has 1 saturated heterocycles. The summed E-state index contributed by atoms with van der Waals surface area (Å²) in [6, 6.07) is 4.01. The number of hydrogen-bond acceptors (Lipinski definition) is 3. The predicted octanol–water partition coefficient (Wildman–Crippen LogP) is 0.481. The highest BCUT2D eigenvalue weighted by Gasteiger charge is 2.17. The molecule has 0 bridgehead atoms. The maximum absolute atomic E-state index is 11.1. The number of aryl methyl sites for hydroxylation is 1. The van der Waals surface area contributed by atoms with E-state index in [1.54, 1.807) is 6.07 Å². The van der Waals surface area contributed by atoms with Gasteiger partial charge in [-0.2, -0.15) is 0 Å². The van der Waals surface area contributed by atoms with Gasteiger partial charge >= 0.3 is 0 Å². The number of aromatic amines is 1. The van der Waals surface area contributed by atoms with E-state index in [0.29, 0.717) is 6.04 Å². The minimum atomic E-state index is -0.0283. The fourth-order valence-electron chi connectivity index (χ4n) is 2.06. The quantitative estimate of drug-likeness (QED) is 0.704. The number of nitrogens with one attached hydrogen (secondary N) is 2. The Morgan fingerprint density at radius 1 is 1.47 bits per heavy atom. The van der Waals surface area contributed by atoms with E-state index in [0.717, 1.165) is 31.0 Å². The summed E-state index contributed by atoms with van der Waals surface area (Å²) in [7, 11) is 0. The molecular weight excluding hydrogens is 190 g/mol. The number of hydrogen-bond donors (Lipinski definition) is 2. The highest BCUT2D eigenvalue weighted by atomic mass is 16.1. The standard InChI is InChI=1S/C11H17N3O/c1-8-7-14(6-5-12-8)10-3-4-11(15)13-9(10)2/h3-4,8,12H,5-7H2,1-2H3,(H,13,15). The Balaban J connectivity index is 2.24. The summed E-state index contributed by atoms with van der Waals surface area (Å²) in [6.07, 6.45) is 0. The highest BCUT2D eigenvalue weighted by molar-refractivity contribution is 5.50. The maximum Gasteiger partial charge on any atom is 0.248 e. The summed E-state index contributed by atoms with van der Waals surface area (Å²) in [5.74, 6) is 0. The number of anilines is 1. The number of H-pyrrole nitrogens is 1. The van der Waals surface area contributed by atoms with Crippen LogP contribution < -0.4 is 15.8 Å². The monoisotopic (exact) mass is 207 g/mol. The minimum absolute atomic E-state index is 0.0283. The molecule has 0 radical (unpaired) electrons. The second-order valence-electron chi connectivity index (χ2n) is 4.13. The summed E-state index contributed by atoms with van der Waals surface area (Å²) in [4.78, 5) is 16.2. The lowest BCUT2D eigenvalue weighted by Gasteiger charge is -2.34. The van der Waals surface area contributed by atoms with E-state index < -0.39 is 0 Å². The normalized spacial score (nSPS) is 21.7. The van der Waals surface area contributed by atoms with Crippen molar-refractivity contribution >= 4 is 5.69 Å². The van der Waals surface area contributed by atoms with Gasteiger partial charge in [-0.05, 0) is 19.9 Å². The third-order valence-corrected chi connectivity index (χ3v) is 2.80. The molecule has 1 unspecified atom stereocenters. The molecule has 0 aliphatic carbocycles. The van der Waals surface area contributed by atoms with Crippen LogP contribution in [0.25, 0.3) is 0 Å². The van der Waals surface area contributed by atoms with Crippen LogP contribution in [0.4, 0.5) is 5.69 Å². The first-order valence-corrected chi connectivity index (χ1v) is 5.35. The van der Waals surface area contributed by atoms with E-state index in [9.17, 15) is 4.79 Å². The van der Waals surface area contributed by atoms with Crippen molar-refractivity contribution in [2.45, 2.75) is 19.9 Å². The van der Waals surface area contributed by atoms with Crippen molar-refractivity contribution in [3.63, 3.8) is 0 Å². The third-order valence-electron chi connectivity index (χ3n) is 2.80. The summed E-state index contributed by atoms with van der Waals surface area (Å²) < 4.78 is 0. The summed E-state index contributed by atoms with van der Waals surface area (Å²) in [6.45, 7) is 7.11. The summed E-state index contributed by atoms with van der Waals surface area (Å²) >= 11 is 0. The highest BCUT2D eigenvalue weighted by Crippen LogP contribution is 2.17. The number of aromatic nitrogens is 1. The first kappa shape index (κ1) is 10.2. The van der Waals surface area contributed by atoms with Crippen molar-refractivity contribution in [1.82, 2.24) is 10.3 Å². The van der Waals surface area contributed by atoms with Gasteiger partial charge in [0.05, 0.1) is 5.69 Å². The van der Waals surface area contributed by atoms with E-state index in [2.05, 4.69) is 22.1 Å². The number of rotatable bonds is 1. The van der Waals surface area contributed by atoms with Crippen molar-refractivity contribution in [3.05, 3.63) is 28.2 Å². The Morgan fingerprint density at radius 2 is 2.27 bits per heavy atom. The van der Waals surface area contributed by atoms with Crippen LogP contribution in [0.2, 0.25) is 0 Å². The van der Waals surface area contributed by atoms with Gasteiger partial charge in [0.25, 0.3) is 0 Å². The summed E-state index contributed by atoms with van der Waals surface area (Å²) in [5, 5.41) is 3.40. The number of nitrogens with zero attached hydrogens (tertiary/aromatic N) is 1. The zero-order valence-electron chi connectivity index (χ0n) is 9.21. The van der Waals surface area contributed by atoms with Crippen LogP contribution in [0.5, 0.6) is 0 Å². The fraction of sp³-hybridized carbons (Fsp3) is 0.545. The largest absolute Gasteiger partial charge is 0.367 e. The zero-order chi connectivity index (χ0) is 10.8. The van der Waals surface area contributed by atoms with Crippen molar-refractivity contribution in [2.24, 2.45) is 0 Å². The average molecular weight is 207 g/mol. The lowest BCUT2D eigenvalue weighted by molar-refractivity contribution is 0.484. The predicted molar refractivity (Wildman–Crippen MR) is 61.5 cm³/mol. The van der Waals surface area contributed by atoms with Crippen LogP contribution in [0, 0.1) is 6.92 Å². The lowest BCUT2D eigenvalue weighted by atomic mass is 10.2. The van der Waals surface area contributed by atoms with Gasteiger partial charge in [-0.15, -0.1) is 0 Å². The second kappa shape index (κ2) is 4.06. The summed E-state index contributed by atoms with van der Waals surface area (Å²) in [5.41, 5.74) is 2.07. The molecule has 1 atom stereocenters. The van der Waals surface area contributed by atoms with Gasteiger partial charge in [0, 0.05) is 37.4 Å². The minimum Gasteiger partial charge on any atom is -0.367 e. The van der Waals surface area contributed by atoms with Crippen LogP contribution in [-0.4, -0.2) is 30.7 Å².